The SMILES string of the molecule is CCC(=O)N[C@H]1CCCN(c2cccc(F)c2C#N)C1. The molecule has 1 aromatic carbocycles. The summed E-state index contributed by atoms with van der Waals surface area (Å²) in [5.74, 6) is -0.471. The fourth-order valence-electron chi connectivity index (χ4n) is 2.53. The van der Waals surface area contributed by atoms with Crippen molar-refractivity contribution in [2.75, 3.05) is 18.0 Å². The van der Waals surface area contributed by atoms with E-state index in [0.717, 1.165) is 19.4 Å². The van der Waals surface area contributed by atoms with E-state index in [-0.39, 0.29) is 17.5 Å². The van der Waals surface area contributed by atoms with Crippen molar-refractivity contribution >= 4 is 11.6 Å². The molecule has 0 spiro atoms. The van der Waals surface area contributed by atoms with Gasteiger partial charge in [0, 0.05) is 25.6 Å². The maximum absolute atomic E-state index is 13.6. The van der Waals surface area contributed by atoms with Gasteiger partial charge >= 0.3 is 0 Å². The summed E-state index contributed by atoms with van der Waals surface area (Å²) < 4.78 is 13.6. The molecule has 1 fully saturated rings. The number of hydrogen-bond acceptors (Lipinski definition) is 3. The van der Waals surface area contributed by atoms with Gasteiger partial charge in [0.2, 0.25) is 5.91 Å². The molecule has 20 heavy (non-hydrogen) atoms. The Balaban J connectivity index is 2.15. The zero-order chi connectivity index (χ0) is 14.5. The molecule has 5 heteroatoms. The summed E-state index contributed by atoms with van der Waals surface area (Å²) >= 11 is 0. The van der Waals surface area contributed by atoms with Crippen LogP contribution in [0, 0.1) is 17.1 Å². The van der Waals surface area contributed by atoms with Crippen molar-refractivity contribution in [1.29, 1.82) is 5.26 Å². The molecule has 0 aromatic heterocycles. The predicted octanol–water partition coefficient (Wildman–Crippen LogP) is 2.19. The minimum Gasteiger partial charge on any atom is -0.368 e. The molecule has 0 saturated carbocycles. The topological polar surface area (TPSA) is 56.1 Å². The minimum absolute atomic E-state index is 0.0246. The van der Waals surface area contributed by atoms with Gasteiger partial charge in [-0.05, 0) is 25.0 Å². The average molecular weight is 275 g/mol. The maximum Gasteiger partial charge on any atom is 0.219 e. The van der Waals surface area contributed by atoms with E-state index >= 15 is 0 Å². The Kier molecular flexibility index (Phi) is 4.57. The quantitative estimate of drug-likeness (QED) is 0.920. The van der Waals surface area contributed by atoms with Gasteiger partial charge in [0.1, 0.15) is 17.4 Å². The number of benzene rings is 1. The van der Waals surface area contributed by atoms with Crippen LogP contribution in [0.2, 0.25) is 0 Å². The number of halogens is 1. The Morgan fingerprint density at radius 1 is 1.60 bits per heavy atom. The molecule has 2 rings (SSSR count). The third-order valence-corrected chi connectivity index (χ3v) is 3.55. The van der Waals surface area contributed by atoms with E-state index in [4.69, 9.17) is 5.26 Å². The molecule has 0 aliphatic carbocycles. The first-order valence-electron chi connectivity index (χ1n) is 6.88. The van der Waals surface area contributed by atoms with Crippen LogP contribution in [0.1, 0.15) is 31.7 Å². The zero-order valence-corrected chi connectivity index (χ0v) is 11.5. The second-order valence-electron chi connectivity index (χ2n) is 4.95. The van der Waals surface area contributed by atoms with Gasteiger partial charge in [-0.3, -0.25) is 4.79 Å². The molecule has 1 heterocycles. The first-order chi connectivity index (χ1) is 9.65. The standard InChI is InChI=1S/C15H18FN3O/c1-2-15(20)18-11-5-4-8-19(10-11)14-7-3-6-13(16)12(14)9-17/h3,6-7,11H,2,4-5,8,10H2,1H3,(H,18,20)/t11-/m0/s1. The Morgan fingerprint density at radius 3 is 3.10 bits per heavy atom. The van der Waals surface area contributed by atoms with E-state index < -0.39 is 5.82 Å². The Bertz CT molecular complexity index is 538. The van der Waals surface area contributed by atoms with E-state index in [2.05, 4.69) is 5.32 Å². The van der Waals surface area contributed by atoms with E-state index in [0.29, 0.717) is 18.7 Å². The number of piperidine rings is 1. The number of nitriles is 1. The van der Waals surface area contributed by atoms with Crippen LogP contribution in [0.25, 0.3) is 0 Å². The molecule has 0 bridgehead atoms. The molecule has 1 saturated heterocycles. The number of carbonyl (C=O) groups excluding carboxylic acids is 1. The van der Waals surface area contributed by atoms with Crippen molar-refractivity contribution in [3.8, 4) is 6.07 Å². The van der Waals surface area contributed by atoms with Crippen LogP contribution < -0.4 is 10.2 Å². The van der Waals surface area contributed by atoms with Crippen molar-refractivity contribution in [3.05, 3.63) is 29.6 Å². The third kappa shape index (κ3) is 3.08. The van der Waals surface area contributed by atoms with Crippen LogP contribution >= 0.6 is 0 Å². The molecule has 1 N–H and O–H groups in total. The van der Waals surface area contributed by atoms with Gasteiger partial charge in [-0.15, -0.1) is 0 Å². The maximum atomic E-state index is 13.6. The van der Waals surface area contributed by atoms with Crippen LogP contribution in [-0.2, 0) is 4.79 Å². The Morgan fingerprint density at radius 2 is 2.40 bits per heavy atom. The van der Waals surface area contributed by atoms with Crippen LogP contribution in [0.4, 0.5) is 10.1 Å². The predicted molar refractivity (Wildman–Crippen MR) is 74.8 cm³/mol. The summed E-state index contributed by atoms with van der Waals surface area (Å²) in [7, 11) is 0. The van der Waals surface area contributed by atoms with Gasteiger partial charge in [-0.1, -0.05) is 13.0 Å². The van der Waals surface area contributed by atoms with Gasteiger partial charge in [0.05, 0.1) is 5.69 Å². The molecule has 106 valence electrons. The van der Waals surface area contributed by atoms with E-state index in [9.17, 15) is 9.18 Å². The number of carbonyl (C=O) groups is 1. The smallest absolute Gasteiger partial charge is 0.219 e. The number of nitrogens with one attached hydrogen (secondary N) is 1. The highest BCUT2D eigenvalue weighted by atomic mass is 19.1. The summed E-state index contributed by atoms with van der Waals surface area (Å²) in [6.07, 6.45) is 2.29. The van der Waals surface area contributed by atoms with Crippen molar-refractivity contribution in [2.45, 2.75) is 32.2 Å². The normalized spacial score (nSPS) is 18.4. The lowest BCUT2D eigenvalue weighted by atomic mass is 10.0. The van der Waals surface area contributed by atoms with Crippen molar-refractivity contribution in [3.63, 3.8) is 0 Å². The summed E-state index contributed by atoms with van der Waals surface area (Å²) in [5.41, 5.74) is 0.693. The Labute approximate surface area is 118 Å². The fraction of sp³-hybridized carbons (Fsp3) is 0.467. The lowest BCUT2D eigenvalue weighted by Crippen LogP contribution is -2.47. The Hall–Kier alpha value is -2.09. The average Bonchev–Trinajstić information content (AvgIpc) is 2.47. The van der Waals surface area contributed by atoms with Gasteiger partial charge < -0.3 is 10.2 Å². The number of nitrogens with zero attached hydrogens (tertiary/aromatic N) is 2. The first kappa shape index (κ1) is 14.3. The van der Waals surface area contributed by atoms with Crippen molar-refractivity contribution in [1.82, 2.24) is 5.32 Å². The molecular weight excluding hydrogens is 257 g/mol. The number of anilines is 1. The highest BCUT2D eigenvalue weighted by Crippen LogP contribution is 2.25. The van der Waals surface area contributed by atoms with E-state index in [1.807, 2.05) is 17.9 Å². The summed E-state index contributed by atoms with van der Waals surface area (Å²) in [6, 6.07) is 6.65. The van der Waals surface area contributed by atoms with Crippen LogP contribution in [0.15, 0.2) is 18.2 Å². The van der Waals surface area contributed by atoms with Gasteiger partial charge in [0.25, 0.3) is 0 Å². The zero-order valence-electron chi connectivity index (χ0n) is 11.5. The van der Waals surface area contributed by atoms with E-state index in [1.54, 1.807) is 12.1 Å². The van der Waals surface area contributed by atoms with Gasteiger partial charge in [-0.25, -0.2) is 4.39 Å². The molecule has 4 nitrogen and oxygen atoms in total. The van der Waals surface area contributed by atoms with Crippen molar-refractivity contribution in [2.24, 2.45) is 0 Å². The highest BCUT2D eigenvalue weighted by Gasteiger charge is 2.23. The molecule has 1 aromatic rings. The number of hydrogen-bond donors (Lipinski definition) is 1. The lowest BCUT2D eigenvalue weighted by Gasteiger charge is -2.35. The molecule has 1 aliphatic rings. The molecule has 0 radical (unpaired) electrons. The van der Waals surface area contributed by atoms with Crippen LogP contribution in [-0.4, -0.2) is 25.0 Å². The molecule has 1 atom stereocenters. The molecule has 0 unspecified atom stereocenters. The first-order valence-corrected chi connectivity index (χ1v) is 6.88. The lowest BCUT2D eigenvalue weighted by molar-refractivity contribution is -0.121. The van der Waals surface area contributed by atoms with Crippen LogP contribution in [0.5, 0.6) is 0 Å². The summed E-state index contributed by atoms with van der Waals surface area (Å²) in [5, 5.41) is 12.1. The monoisotopic (exact) mass is 275 g/mol. The van der Waals surface area contributed by atoms with Gasteiger partial charge in [0.15, 0.2) is 0 Å². The molecular formula is C15H18FN3O. The number of rotatable bonds is 3. The van der Waals surface area contributed by atoms with Gasteiger partial charge in [-0.2, -0.15) is 5.26 Å². The number of amides is 1. The second kappa shape index (κ2) is 6.38. The largest absolute Gasteiger partial charge is 0.368 e. The molecule has 1 aliphatic heterocycles. The summed E-state index contributed by atoms with van der Waals surface area (Å²) in [6.45, 7) is 3.21. The third-order valence-electron chi connectivity index (χ3n) is 3.55. The fourth-order valence-corrected chi connectivity index (χ4v) is 2.53. The van der Waals surface area contributed by atoms with Crippen LogP contribution in [0.3, 0.4) is 0 Å². The van der Waals surface area contributed by atoms with E-state index in [1.165, 1.54) is 6.07 Å². The summed E-state index contributed by atoms with van der Waals surface area (Å²) in [4.78, 5) is 13.4. The van der Waals surface area contributed by atoms with Crippen molar-refractivity contribution < 1.29 is 9.18 Å². The second-order valence-corrected chi connectivity index (χ2v) is 4.95. The molecule has 1 amide bonds. The highest BCUT2D eigenvalue weighted by molar-refractivity contribution is 5.76. The minimum atomic E-state index is -0.496.